The van der Waals surface area contributed by atoms with Gasteiger partial charge in [-0.2, -0.15) is 0 Å². The molecule has 12 unspecified atom stereocenters. The maximum atomic E-state index is 16.1. The van der Waals surface area contributed by atoms with Crippen LogP contribution in [0, 0.1) is 68.5 Å². The zero-order valence-electron chi connectivity index (χ0n) is 53.8. The monoisotopic (exact) mass is 1190 g/mol. The minimum absolute atomic E-state index is 0.0212. The molecule has 4 saturated heterocycles. The lowest BCUT2D eigenvalue weighted by Crippen LogP contribution is -2.70. The zero-order chi connectivity index (χ0) is 60.8. The van der Waals surface area contributed by atoms with Crippen LogP contribution < -0.4 is 5.73 Å². The van der Waals surface area contributed by atoms with E-state index in [4.69, 9.17) is 53.1 Å². The fraction of sp³-hybridized carbons (Fsp3) is 0.712. The van der Waals surface area contributed by atoms with Crippen molar-refractivity contribution in [3.05, 3.63) is 119 Å². The lowest BCUT2D eigenvalue weighted by Gasteiger charge is -2.70. The fourth-order valence-electron chi connectivity index (χ4n) is 19.3. The van der Waals surface area contributed by atoms with Crippen LogP contribution in [0.4, 0.5) is 0 Å². The lowest BCUT2D eigenvalue weighted by molar-refractivity contribution is -0.367. The van der Waals surface area contributed by atoms with E-state index >= 15 is 4.79 Å². The third-order valence-corrected chi connectivity index (χ3v) is 25.1. The highest BCUT2D eigenvalue weighted by molar-refractivity contribution is 5.79. The molecule has 9 aliphatic rings. The highest BCUT2D eigenvalue weighted by Gasteiger charge is 2.73. The van der Waals surface area contributed by atoms with Gasteiger partial charge in [0, 0.05) is 17.9 Å². The van der Waals surface area contributed by atoms with Gasteiger partial charge in [-0.05, 0) is 153 Å². The Morgan fingerprint density at radius 3 is 2.00 bits per heavy atom. The summed E-state index contributed by atoms with van der Waals surface area (Å²) in [5, 5.41) is 12.9. The van der Waals surface area contributed by atoms with Crippen molar-refractivity contribution >= 4 is 5.97 Å². The van der Waals surface area contributed by atoms with Crippen LogP contribution in [0.1, 0.15) is 164 Å². The summed E-state index contributed by atoms with van der Waals surface area (Å²) in [5.74, 6) is 1.87. The first-order valence-electron chi connectivity index (χ1n) is 33.2. The summed E-state index contributed by atoms with van der Waals surface area (Å²) in [6.07, 6.45) is 4.57. The van der Waals surface area contributed by atoms with Crippen molar-refractivity contribution in [2.24, 2.45) is 74.2 Å². The average molecular weight is 1190 g/mol. The standard InChI is InChI=1S/C73H103NO12/c1-44-30-32-69(10)52(45(44)2)31-33-71(12)57(69)29-28-53-54-38-67(6,7)34-36-72(54,37-35-70(53,71)11)66(76)84-64-60(46(3)58(74)55(82-64)42-77-39-49-22-16-13-17-23-49)83-65-61-62(75)73(48(5)81-65,68(8,9)85-61)86-63-47(4)59(79-41-51-26-20-15-21-27-51)56(43-80-63)78-40-50-24-18-14-19-25-50/h13-28,44-48,52,54-65,75H,29-43,74H2,1-12H3/t44-,45?,46?,47?,48?,52-,54?,55?,56+,57?,58+,59?,60?,61?,62?,63-,64-,65-,69?,70+,71-,72-,73-/m0/s1. The van der Waals surface area contributed by atoms with Crippen LogP contribution in [0.25, 0.3) is 0 Å². The molecular formula is C73H103NO12. The molecule has 13 heteroatoms. The quantitative estimate of drug-likeness (QED) is 0.103. The Kier molecular flexibility index (Phi) is 17.4. The largest absolute Gasteiger partial charge is 0.432 e. The zero-order valence-corrected chi connectivity index (χ0v) is 53.8. The van der Waals surface area contributed by atoms with Gasteiger partial charge >= 0.3 is 5.97 Å². The highest BCUT2D eigenvalue weighted by atomic mass is 16.8. The Balaban J connectivity index is 0.806. The molecular weight excluding hydrogens is 1080 g/mol. The summed E-state index contributed by atoms with van der Waals surface area (Å²) >= 11 is 0. The van der Waals surface area contributed by atoms with Crippen LogP contribution in [0.5, 0.6) is 0 Å². The molecule has 86 heavy (non-hydrogen) atoms. The second-order valence-electron chi connectivity index (χ2n) is 30.5. The van der Waals surface area contributed by atoms with Gasteiger partial charge in [0.05, 0.1) is 56.3 Å². The number of hydrogen-bond acceptors (Lipinski definition) is 13. The minimum atomic E-state index is -1.41. The van der Waals surface area contributed by atoms with Crippen molar-refractivity contribution in [3.63, 3.8) is 0 Å². The molecule has 0 amide bonds. The van der Waals surface area contributed by atoms with Gasteiger partial charge in [0.1, 0.15) is 30.5 Å². The van der Waals surface area contributed by atoms with E-state index < -0.39 is 90.2 Å². The van der Waals surface area contributed by atoms with Crippen molar-refractivity contribution in [2.45, 2.75) is 246 Å². The Labute approximate surface area is 513 Å². The molecule has 472 valence electrons. The van der Waals surface area contributed by atoms with Gasteiger partial charge in [-0.25, -0.2) is 0 Å². The maximum Gasteiger partial charge on any atom is 0.315 e. The summed E-state index contributed by atoms with van der Waals surface area (Å²) in [6.45, 7) is 29.0. The first-order chi connectivity index (χ1) is 40.9. The van der Waals surface area contributed by atoms with Crippen LogP contribution >= 0.6 is 0 Å². The molecule has 3 N–H and O–H groups in total. The number of aliphatic hydroxyl groups excluding tert-OH is 1. The topological polar surface area (TPSA) is 156 Å². The predicted molar refractivity (Wildman–Crippen MR) is 329 cm³/mol. The third-order valence-electron chi connectivity index (χ3n) is 25.1. The molecule has 4 saturated carbocycles. The number of aliphatic hydroxyl groups is 1. The molecule has 12 rings (SSSR count). The SMILES string of the molecule is CC1C(OCc2ccccc2)[C@H](OCc2ccccc2)CO[C@H]1O[C@]12C(C)O[C@@H](OC3C(C)[C@@H](N)C(COCc4ccccc4)O[C@H]3OC(=O)[C@]34CCC(C)(C)CC3C3=CCC5C6(C)CC[C@H](C)C(C)[C@@H]6CC[C@]5(C)[C@]3(C)CC4)C(OC1(C)C)C2O. The van der Waals surface area contributed by atoms with Crippen molar-refractivity contribution in [1.29, 1.82) is 0 Å². The number of esters is 1. The Morgan fingerprint density at radius 1 is 0.686 bits per heavy atom. The van der Waals surface area contributed by atoms with Gasteiger partial charge in [-0.1, -0.05) is 165 Å². The second-order valence-corrected chi connectivity index (χ2v) is 30.5. The van der Waals surface area contributed by atoms with E-state index in [1.165, 1.54) is 31.3 Å². The van der Waals surface area contributed by atoms with E-state index in [9.17, 15) is 5.11 Å². The predicted octanol–water partition coefficient (Wildman–Crippen LogP) is 13.1. The molecule has 2 bridgehead atoms. The molecule has 0 aromatic heterocycles. The molecule has 23 atom stereocenters. The Bertz CT molecular complexity index is 2850. The molecule has 13 nitrogen and oxygen atoms in total. The first-order valence-corrected chi connectivity index (χ1v) is 33.2. The van der Waals surface area contributed by atoms with Gasteiger partial charge in [-0.15, -0.1) is 0 Å². The number of rotatable bonds is 16. The van der Waals surface area contributed by atoms with Crippen LogP contribution in [0.15, 0.2) is 103 Å². The van der Waals surface area contributed by atoms with Crippen molar-refractivity contribution < 1.29 is 57.3 Å². The van der Waals surface area contributed by atoms with Gasteiger partial charge in [-0.3, -0.25) is 4.79 Å². The number of ether oxygens (including phenoxy) is 10. The van der Waals surface area contributed by atoms with E-state index in [2.05, 4.69) is 54.5 Å². The molecule has 5 aliphatic carbocycles. The number of carbonyl (C=O) groups excluding carboxylic acids is 1. The number of nitrogens with two attached hydrogens (primary N) is 1. The van der Waals surface area contributed by atoms with Crippen LogP contribution in [0.2, 0.25) is 0 Å². The smallest absolute Gasteiger partial charge is 0.315 e. The number of hydrogen-bond donors (Lipinski definition) is 2. The Hall–Kier alpha value is -3.57. The van der Waals surface area contributed by atoms with E-state index in [0.29, 0.717) is 31.2 Å². The molecule has 8 fully saturated rings. The summed E-state index contributed by atoms with van der Waals surface area (Å²) in [6, 6.07) is 29.7. The molecule has 4 heterocycles. The van der Waals surface area contributed by atoms with Gasteiger partial charge in [0.2, 0.25) is 6.29 Å². The number of allylic oxidation sites excluding steroid dienone is 2. The van der Waals surface area contributed by atoms with Crippen molar-refractivity contribution in [1.82, 2.24) is 0 Å². The molecule has 3 aromatic carbocycles. The van der Waals surface area contributed by atoms with E-state index in [0.717, 1.165) is 73.0 Å². The van der Waals surface area contributed by atoms with Gasteiger partial charge in [0.25, 0.3) is 0 Å². The summed E-state index contributed by atoms with van der Waals surface area (Å²) < 4.78 is 68.6. The van der Waals surface area contributed by atoms with Crippen LogP contribution in [-0.2, 0) is 72.0 Å². The molecule has 3 aromatic rings. The third kappa shape index (κ3) is 10.7. The van der Waals surface area contributed by atoms with E-state index in [1.54, 1.807) is 0 Å². The van der Waals surface area contributed by atoms with E-state index in [1.807, 2.05) is 126 Å². The lowest BCUT2D eigenvalue weighted by atomic mass is 9.34. The van der Waals surface area contributed by atoms with Gasteiger partial charge in [0.15, 0.2) is 18.2 Å². The average Bonchev–Trinajstić information content (AvgIpc) is 0.769. The maximum absolute atomic E-state index is 16.1. The van der Waals surface area contributed by atoms with Gasteiger partial charge < -0.3 is 58.2 Å². The summed E-state index contributed by atoms with van der Waals surface area (Å²) in [7, 11) is 0. The van der Waals surface area contributed by atoms with E-state index in [-0.39, 0.29) is 47.3 Å². The Morgan fingerprint density at radius 2 is 1.33 bits per heavy atom. The fourth-order valence-corrected chi connectivity index (χ4v) is 19.3. The molecule has 4 aliphatic heterocycles. The first kappa shape index (κ1) is 62.6. The number of benzene rings is 3. The summed E-state index contributed by atoms with van der Waals surface area (Å²) in [5.41, 5.74) is 8.97. The minimum Gasteiger partial charge on any atom is -0.432 e. The second kappa shape index (κ2) is 23.9. The van der Waals surface area contributed by atoms with Crippen molar-refractivity contribution in [2.75, 3.05) is 13.2 Å². The van der Waals surface area contributed by atoms with Crippen LogP contribution in [0.3, 0.4) is 0 Å². The number of fused-ring (bicyclic) bond motifs is 9. The highest BCUT2D eigenvalue weighted by Crippen LogP contribution is 2.75. The van der Waals surface area contributed by atoms with Crippen molar-refractivity contribution in [3.8, 4) is 0 Å². The normalized spacial score (nSPS) is 44.9. The van der Waals surface area contributed by atoms with Crippen LogP contribution in [-0.4, -0.2) is 103 Å². The molecule has 0 radical (unpaired) electrons. The molecule has 0 spiro atoms. The number of carbonyl (C=O) groups is 1. The summed E-state index contributed by atoms with van der Waals surface area (Å²) in [4.78, 5) is 16.1.